The molecule has 0 fully saturated rings. The zero-order chi connectivity index (χ0) is 20.3. The van der Waals surface area contributed by atoms with Crippen LogP contribution in [0, 0.1) is 0 Å². The monoisotopic (exact) mass is 384 g/mol. The fourth-order valence-electron chi connectivity index (χ4n) is 2.18. The van der Waals surface area contributed by atoms with E-state index in [0.29, 0.717) is 44.4 Å². The van der Waals surface area contributed by atoms with Crippen molar-refractivity contribution < 1.29 is 23.6 Å². The second kappa shape index (κ2) is 11.5. The summed E-state index contributed by atoms with van der Waals surface area (Å²) in [4.78, 5) is 29.9. The topological polar surface area (TPSA) is 107 Å². The van der Waals surface area contributed by atoms with Gasteiger partial charge < -0.3 is 24.2 Å². The summed E-state index contributed by atoms with van der Waals surface area (Å²) >= 11 is 0. The normalized spacial score (nSPS) is 11.3. The standard InChI is InChI=1S/C18H32N4O5/c1-6-7-14-20-16(27-21-14)9-8-15(23)19-10-11-22(12-13-25-5)17(24)26-18(2,3)4/h6-13H2,1-5H3,(H,19,23). The maximum absolute atomic E-state index is 12.2. The Morgan fingerprint density at radius 1 is 1.22 bits per heavy atom. The van der Waals surface area contributed by atoms with Crippen molar-refractivity contribution in [3.8, 4) is 0 Å². The number of hydrogen-bond donors (Lipinski definition) is 1. The highest BCUT2D eigenvalue weighted by Crippen LogP contribution is 2.09. The Bertz CT molecular complexity index is 583. The van der Waals surface area contributed by atoms with Crippen LogP contribution in [0.3, 0.4) is 0 Å². The fourth-order valence-corrected chi connectivity index (χ4v) is 2.18. The highest BCUT2D eigenvalue weighted by molar-refractivity contribution is 5.76. The van der Waals surface area contributed by atoms with Crippen molar-refractivity contribution in [3.05, 3.63) is 11.7 Å². The summed E-state index contributed by atoms with van der Waals surface area (Å²) in [5.41, 5.74) is -0.577. The minimum absolute atomic E-state index is 0.138. The van der Waals surface area contributed by atoms with Crippen LogP contribution in [0.2, 0.25) is 0 Å². The summed E-state index contributed by atoms with van der Waals surface area (Å²) < 4.78 is 15.5. The summed E-state index contributed by atoms with van der Waals surface area (Å²) in [6.07, 6.45) is 1.91. The van der Waals surface area contributed by atoms with E-state index >= 15 is 0 Å². The van der Waals surface area contributed by atoms with Crippen LogP contribution in [0.15, 0.2) is 4.52 Å². The third-order valence-electron chi connectivity index (χ3n) is 3.47. The zero-order valence-electron chi connectivity index (χ0n) is 17.0. The lowest BCUT2D eigenvalue weighted by Crippen LogP contribution is -2.42. The van der Waals surface area contributed by atoms with E-state index in [1.807, 2.05) is 27.7 Å². The average molecular weight is 384 g/mol. The lowest BCUT2D eigenvalue weighted by atomic mass is 10.2. The van der Waals surface area contributed by atoms with Crippen LogP contribution in [-0.2, 0) is 27.1 Å². The molecule has 0 radical (unpaired) electrons. The maximum atomic E-state index is 12.2. The van der Waals surface area contributed by atoms with Gasteiger partial charge in [0.2, 0.25) is 11.8 Å². The van der Waals surface area contributed by atoms with Crippen molar-refractivity contribution >= 4 is 12.0 Å². The number of carbonyl (C=O) groups excluding carboxylic acids is 2. The number of methoxy groups -OCH3 is 1. The molecule has 0 saturated heterocycles. The SMILES string of the molecule is CCCc1noc(CCC(=O)NCCN(CCOC)C(=O)OC(C)(C)C)n1. The molecule has 27 heavy (non-hydrogen) atoms. The Kier molecular flexibility index (Phi) is 9.77. The van der Waals surface area contributed by atoms with Crippen molar-refractivity contribution in [2.75, 3.05) is 33.4 Å². The van der Waals surface area contributed by atoms with Gasteiger partial charge in [0.1, 0.15) is 5.60 Å². The highest BCUT2D eigenvalue weighted by atomic mass is 16.6. The quantitative estimate of drug-likeness (QED) is 0.621. The maximum Gasteiger partial charge on any atom is 0.410 e. The molecule has 0 aromatic carbocycles. The Hall–Kier alpha value is -2.16. The molecular weight excluding hydrogens is 352 g/mol. The molecule has 154 valence electrons. The first-order chi connectivity index (χ1) is 12.7. The van der Waals surface area contributed by atoms with Crippen LogP contribution in [0.25, 0.3) is 0 Å². The first kappa shape index (κ1) is 22.9. The molecule has 1 N–H and O–H groups in total. The van der Waals surface area contributed by atoms with Gasteiger partial charge in [-0.1, -0.05) is 12.1 Å². The molecule has 0 atom stereocenters. The van der Waals surface area contributed by atoms with Crippen LogP contribution in [-0.4, -0.2) is 66.0 Å². The van der Waals surface area contributed by atoms with Gasteiger partial charge >= 0.3 is 6.09 Å². The first-order valence-corrected chi connectivity index (χ1v) is 9.30. The fraction of sp³-hybridized carbons (Fsp3) is 0.778. The van der Waals surface area contributed by atoms with Gasteiger partial charge in [-0.15, -0.1) is 0 Å². The molecule has 0 saturated carbocycles. The molecule has 1 aromatic rings. The van der Waals surface area contributed by atoms with Gasteiger partial charge in [-0.25, -0.2) is 4.79 Å². The summed E-state index contributed by atoms with van der Waals surface area (Å²) in [7, 11) is 1.57. The summed E-state index contributed by atoms with van der Waals surface area (Å²) in [6.45, 7) is 8.92. The number of aryl methyl sites for hydroxylation is 2. The predicted molar refractivity (Wildman–Crippen MR) is 99.3 cm³/mol. The lowest BCUT2D eigenvalue weighted by molar-refractivity contribution is -0.121. The van der Waals surface area contributed by atoms with E-state index in [-0.39, 0.29) is 12.3 Å². The summed E-state index contributed by atoms with van der Waals surface area (Å²) in [5, 5.41) is 6.65. The number of aromatic nitrogens is 2. The number of nitrogens with one attached hydrogen (secondary N) is 1. The number of nitrogens with zero attached hydrogens (tertiary/aromatic N) is 3. The largest absolute Gasteiger partial charge is 0.444 e. The van der Waals surface area contributed by atoms with E-state index < -0.39 is 11.7 Å². The van der Waals surface area contributed by atoms with Gasteiger partial charge in [-0.2, -0.15) is 4.98 Å². The number of carbonyl (C=O) groups is 2. The van der Waals surface area contributed by atoms with Crippen LogP contribution in [0.1, 0.15) is 52.3 Å². The predicted octanol–water partition coefficient (Wildman–Crippen LogP) is 1.95. The van der Waals surface area contributed by atoms with Gasteiger partial charge in [0.25, 0.3) is 0 Å². The molecule has 2 amide bonds. The molecule has 1 heterocycles. The Morgan fingerprint density at radius 2 is 1.96 bits per heavy atom. The van der Waals surface area contributed by atoms with Gasteiger partial charge in [0.15, 0.2) is 5.82 Å². The van der Waals surface area contributed by atoms with E-state index in [1.165, 1.54) is 4.90 Å². The molecule has 0 aliphatic rings. The molecule has 0 aliphatic heterocycles. The van der Waals surface area contributed by atoms with Crippen LogP contribution in [0.4, 0.5) is 4.79 Å². The molecule has 0 aliphatic carbocycles. The third-order valence-corrected chi connectivity index (χ3v) is 3.47. The number of ether oxygens (including phenoxy) is 2. The van der Waals surface area contributed by atoms with E-state index in [2.05, 4.69) is 15.5 Å². The second-order valence-corrected chi connectivity index (χ2v) is 7.16. The minimum atomic E-state index is -0.577. The van der Waals surface area contributed by atoms with Crippen molar-refractivity contribution in [3.63, 3.8) is 0 Å². The summed E-state index contributed by atoms with van der Waals surface area (Å²) in [5.74, 6) is 0.990. The molecule has 1 aromatic heterocycles. The molecular formula is C18H32N4O5. The van der Waals surface area contributed by atoms with Crippen molar-refractivity contribution in [1.82, 2.24) is 20.4 Å². The van der Waals surface area contributed by atoms with Crippen LogP contribution in [0.5, 0.6) is 0 Å². The minimum Gasteiger partial charge on any atom is -0.444 e. The van der Waals surface area contributed by atoms with E-state index in [9.17, 15) is 9.59 Å². The number of amides is 2. The third kappa shape index (κ3) is 9.93. The highest BCUT2D eigenvalue weighted by Gasteiger charge is 2.21. The van der Waals surface area contributed by atoms with Gasteiger partial charge in [-0.3, -0.25) is 4.79 Å². The Balaban J connectivity index is 2.37. The molecule has 9 nitrogen and oxygen atoms in total. The number of hydrogen-bond acceptors (Lipinski definition) is 7. The molecule has 9 heteroatoms. The smallest absolute Gasteiger partial charge is 0.410 e. The Morgan fingerprint density at radius 3 is 2.59 bits per heavy atom. The van der Waals surface area contributed by atoms with Crippen LogP contribution >= 0.6 is 0 Å². The first-order valence-electron chi connectivity index (χ1n) is 9.30. The molecule has 0 unspecified atom stereocenters. The van der Waals surface area contributed by atoms with E-state index in [4.69, 9.17) is 14.0 Å². The van der Waals surface area contributed by atoms with Crippen molar-refractivity contribution in [1.29, 1.82) is 0 Å². The molecule has 1 rings (SSSR count). The molecule has 0 spiro atoms. The zero-order valence-corrected chi connectivity index (χ0v) is 17.0. The van der Waals surface area contributed by atoms with Gasteiger partial charge in [0, 0.05) is 46.0 Å². The van der Waals surface area contributed by atoms with Gasteiger partial charge in [-0.05, 0) is 27.2 Å². The second-order valence-electron chi connectivity index (χ2n) is 7.16. The van der Waals surface area contributed by atoms with Crippen molar-refractivity contribution in [2.45, 2.75) is 59.0 Å². The van der Waals surface area contributed by atoms with Crippen LogP contribution < -0.4 is 5.32 Å². The average Bonchev–Trinajstić information content (AvgIpc) is 3.02. The van der Waals surface area contributed by atoms with E-state index in [0.717, 1.165) is 12.8 Å². The summed E-state index contributed by atoms with van der Waals surface area (Å²) in [6, 6.07) is 0. The Labute approximate surface area is 160 Å². The van der Waals surface area contributed by atoms with Crippen molar-refractivity contribution in [2.24, 2.45) is 0 Å². The lowest BCUT2D eigenvalue weighted by Gasteiger charge is -2.27. The molecule has 0 bridgehead atoms. The van der Waals surface area contributed by atoms with Gasteiger partial charge in [0.05, 0.1) is 6.61 Å². The van der Waals surface area contributed by atoms with E-state index in [1.54, 1.807) is 7.11 Å². The number of rotatable bonds is 11.